The summed E-state index contributed by atoms with van der Waals surface area (Å²) in [6, 6.07) is 14.2. The number of rotatable bonds is 3. The van der Waals surface area contributed by atoms with E-state index in [2.05, 4.69) is 32.3 Å². The van der Waals surface area contributed by atoms with Crippen molar-refractivity contribution < 1.29 is 0 Å². The summed E-state index contributed by atoms with van der Waals surface area (Å²) < 4.78 is 1.65. The molecular weight excluding hydrogens is 388 g/mol. The van der Waals surface area contributed by atoms with Gasteiger partial charge in [0.1, 0.15) is 5.52 Å². The van der Waals surface area contributed by atoms with Crippen molar-refractivity contribution in [3.8, 4) is 28.5 Å². The first-order chi connectivity index (χ1) is 15.1. The highest BCUT2D eigenvalue weighted by Gasteiger charge is 2.19. The number of fused-ring (bicyclic) bond motifs is 1. The topological polar surface area (TPSA) is 110 Å². The normalized spacial score (nSPS) is 14.7. The van der Waals surface area contributed by atoms with Crippen molar-refractivity contribution in [2.24, 2.45) is 12.8 Å². The molecule has 1 aliphatic rings. The van der Waals surface area contributed by atoms with Gasteiger partial charge in [0.05, 0.1) is 29.2 Å². The highest BCUT2D eigenvalue weighted by molar-refractivity contribution is 5.86. The second-order valence-electron chi connectivity index (χ2n) is 7.88. The molecule has 0 spiro atoms. The molecule has 1 fully saturated rings. The molecule has 0 radical (unpaired) electrons. The minimum absolute atomic E-state index is 0.270. The number of nitriles is 1. The number of anilines is 1. The fourth-order valence-corrected chi connectivity index (χ4v) is 4.01. The van der Waals surface area contributed by atoms with Gasteiger partial charge >= 0.3 is 0 Å². The average molecular weight is 410 g/mol. The molecule has 0 atom stereocenters. The molecule has 0 saturated carbocycles. The maximum atomic E-state index is 9.17. The predicted octanol–water partition coefficient (Wildman–Crippen LogP) is 2.89. The zero-order chi connectivity index (χ0) is 21.4. The van der Waals surface area contributed by atoms with Crippen LogP contribution < -0.4 is 10.6 Å². The van der Waals surface area contributed by atoms with Crippen LogP contribution in [0.5, 0.6) is 0 Å². The lowest BCUT2D eigenvalue weighted by Gasteiger charge is -2.32. The van der Waals surface area contributed by atoms with Crippen LogP contribution in [0.15, 0.2) is 48.8 Å². The van der Waals surface area contributed by atoms with Crippen molar-refractivity contribution in [2.75, 3.05) is 18.0 Å². The van der Waals surface area contributed by atoms with Gasteiger partial charge in [-0.25, -0.2) is 9.67 Å². The third-order valence-electron chi connectivity index (χ3n) is 5.82. The summed E-state index contributed by atoms with van der Waals surface area (Å²) >= 11 is 0. The van der Waals surface area contributed by atoms with Gasteiger partial charge in [0.25, 0.3) is 0 Å². The van der Waals surface area contributed by atoms with Gasteiger partial charge in [-0.1, -0.05) is 17.3 Å². The maximum Gasteiger partial charge on any atom is 0.178 e. The van der Waals surface area contributed by atoms with E-state index in [1.54, 1.807) is 10.9 Å². The predicted molar refractivity (Wildman–Crippen MR) is 119 cm³/mol. The summed E-state index contributed by atoms with van der Waals surface area (Å²) in [5.41, 5.74) is 12.9. The van der Waals surface area contributed by atoms with Crippen LogP contribution in [-0.4, -0.2) is 44.1 Å². The maximum absolute atomic E-state index is 9.17. The molecule has 3 aromatic heterocycles. The fraction of sp³-hybridized carbons (Fsp3) is 0.261. The lowest BCUT2D eigenvalue weighted by molar-refractivity contribution is 0.501. The van der Waals surface area contributed by atoms with Crippen LogP contribution in [0.4, 0.5) is 5.69 Å². The van der Waals surface area contributed by atoms with Crippen molar-refractivity contribution in [1.29, 1.82) is 5.26 Å². The minimum Gasteiger partial charge on any atom is -0.370 e. The molecule has 1 aliphatic heterocycles. The molecule has 0 amide bonds. The Labute approximate surface area is 180 Å². The SMILES string of the molecule is Cn1nnc2cc(-c3ncc(N4CCC(N)CC4)cc3-c3ccc(C#N)cc3)cnc21. The molecular formula is C23H22N8. The van der Waals surface area contributed by atoms with Crippen molar-refractivity contribution in [1.82, 2.24) is 25.0 Å². The van der Waals surface area contributed by atoms with E-state index in [4.69, 9.17) is 16.0 Å². The van der Waals surface area contributed by atoms with E-state index in [9.17, 15) is 0 Å². The molecule has 31 heavy (non-hydrogen) atoms. The van der Waals surface area contributed by atoms with E-state index in [0.717, 1.165) is 65.2 Å². The molecule has 1 aromatic carbocycles. The van der Waals surface area contributed by atoms with E-state index < -0.39 is 0 Å². The second kappa shape index (κ2) is 7.78. The zero-order valence-corrected chi connectivity index (χ0v) is 17.2. The molecule has 2 N–H and O–H groups in total. The first-order valence-electron chi connectivity index (χ1n) is 10.3. The van der Waals surface area contributed by atoms with Crippen LogP contribution in [0, 0.1) is 11.3 Å². The second-order valence-corrected chi connectivity index (χ2v) is 7.88. The smallest absolute Gasteiger partial charge is 0.178 e. The highest BCUT2D eigenvalue weighted by atomic mass is 15.4. The van der Waals surface area contributed by atoms with Gasteiger partial charge in [-0.3, -0.25) is 4.98 Å². The molecule has 0 aliphatic carbocycles. The monoisotopic (exact) mass is 410 g/mol. The summed E-state index contributed by atoms with van der Waals surface area (Å²) in [6.07, 6.45) is 5.67. The van der Waals surface area contributed by atoms with Crippen LogP contribution in [0.3, 0.4) is 0 Å². The molecule has 1 saturated heterocycles. The number of hydrogen-bond donors (Lipinski definition) is 1. The van der Waals surface area contributed by atoms with Crippen LogP contribution >= 0.6 is 0 Å². The van der Waals surface area contributed by atoms with Crippen LogP contribution in [0.1, 0.15) is 18.4 Å². The first kappa shape index (κ1) is 19.2. The fourth-order valence-electron chi connectivity index (χ4n) is 4.01. The Kier molecular flexibility index (Phi) is 4.81. The number of hydrogen-bond acceptors (Lipinski definition) is 7. The standard InChI is InChI=1S/C23H22N8/c1-30-23-21(28-29-30)10-17(13-27-23)22-20(16-4-2-15(12-24)3-5-16)11-19(14-26-22)31-8-6-18(25)7-9-31/h2-5,10-11,13-14,18H,6-9,25H2,1H3. The summed E-state index contributed by atoms with van der Waals surface area (Å²) in [5, 5.41) is 17.4. The number of nitrogens with two attached hydrogens (primary N) is 1. The summed E-state index contributed by atoms with van der Waals surface area (Å²) in [7, 11) is 1.82. The van der Waals surface area contributed by atoms with E-state index >= 15 is 0 Å². The van der Waals surface area contributed by atoms with E-state index in [1.807, 2.05) is 43.6 Å². The van der Waals surface area contributed by atoms with Crippen LogP contribution in [0.2, 0.25) is 0 Å². The average Bonchev–Trinajstić information content (AvgIpc) is 3.19. The number of nitrogens with zero attached hydrogens (tertiary/aromatic N) is 7. The number of benzene rings is 1. The Balaban J connectivity index is 1.62. The van der Waals surface area contributed by atoms with Gasteiger partial charge in [0, 0.05) is 43.5 Å². The van der Waals surface area contributed by atoms with E-state index in [0.29, 0.717) is 5.56 Å². The number of aryl methyl sites for hydroxylation is 1. The quantitative estimate of drug-likeness (QED) is 0.553. The summed E-state index contributed by atoms with van der Waals surface area (Å²) in [4.78, 5) is 11.7. The molecule has 0 bridgehead atoms. The van der Waals surface area contributed by atoms with E-state index in [1.165, 1.54) is 0 Å². The zero-order valence-electron chi connectivity index (χ0n) is 17.2. The lowest BCUT2D eigenvalue weighted by atomic mass is 9.98. The van der Waals surface area contributed by atoms with Gasteiger partial charge in [-0.15, -0.1) is 5.10 Å². The van der Waals surface area contributed by atoms with Crippen molar-refractivity contribution in [3.63, 3.8) is 0 Å². The Bertz CT molecular complexity index is 1280. The third-order valence-corrected chi connectivity index (χ3v) is 5.82. The van der Waals surface area contributed by atoms with Crippen LogP contribution in [-0.2, 0) is 7.05 Å². The lowest BCUT2D eigenvalue weighted by Crippen LogP contribution is -2.39. The van der Waals surface area contributed by atoms with E-state index in [-0.39, 0.29) is 6.04 Å². The first-order valence-corrected chi connectivity index (χ1v) is 10.3. The molecule has 0 unspecified atom stereocenters. The Morgan fingerprint density at radius 3 is 2.55 bits per heavy atom. The largest absolute Gasteiger partial charge is 0.370 e. The Morgan fingerprint density at radius 2 is 1.81 bits per heavy atom. The van der Waals surface area contributed by atoms with Crippen LogP contribution in [0.25, 0.3) is 33.5 Å². The molecule has 4 heterocycles. The van der Waals surface area contributed by atoms with Crippen molar-refractivity contribution >= 4 is 16.9 Å². The molecule has 5 rings (SSSR count). The van der Waals surface area contributed by atoms with Gasteiger partial charge in [-0.05, 0) is 42.7 Å². The van der Waals surface area contributed by atoms with Gasteiger partial charge in [-0.2, -0.15) is 5.26 Å². The summed E-state index contributed by atoms with van der Waals surface area (Å²) in [6.45, 7) is 1.84. The Hall–Kier alpha value is -3.83. The molecule has 154 valence electrons. The Morgan fingerprint density at radius 1 is 1.03 bits per heavy atom. The number of piperidine rings is 1. The number of aromatic nitrogens is 5. The van der Waals surface area contributed by atoms with Crippen molar-refractivity contribution in [3.05, 3.63) is 54.4 Å². The van der Waals surface area contributed by atoms with Gasteiger partial charge in [0.2, 0.25) is 0 Å². The van der Waals surface area contributed by atoms with Gasteiger partial charge < -0.3 is 10.6 Å². The number of pyridine rings is 2. The highest BCUT2D eigenvalue weighted by Crippen LogP contribution is 2.34. The van der Waals surface area contributed by atoms with Gasteiger partial charge in [0.15, 0.2) is 5.65 Å². The molecule has 8 heteroatoms. The van der Waals surface area contributed by atoms with Crippen molar-refractivity contribution in [2.45, 2.75) is 18.9 Å². The third kappa shape index (κ3) is 3.60. The summed E-state index contributed by atoms with van der Waals surface area (Å²) in [5.74, 6) is 0. The molecule has 4 aromatic rings. The minimum atomic E-state index is 0.270. The molecule has 8 nitrogen and oxygen atoms in total.